The highest BCUT2D eigenvalue weighted by molar-refractivity contribution is 6.32. The van der Waals surface area contributed by atoms with Crippen LogP contribution in [0.3, 0.4) is 0 Å². The maximum absolute atomic E-state index is 12.0. The Hall–Kier alpha value is -1.42. The summed E-state index contributed by atoms with van der Waals surface area (Å²) in [5, 5.41) is 3.24. The van der Waals surface area contributed by atoms with E-state index < -0.39 is 0 Å². The number of carbonyl (C=O) groups is 1. The number of halogens is 1. The zero-order valence-corrected chi connectivity index (χ0v) is 13.2. The van der Waals surface area contributed by atoms with E-state index in [9.17, 15) is 4.79 Å². The molecule has 0 aliphatic rings. The maximum atomic E-state index is 12.0. The molecule has 1 aromatic rings. The number of rotatable bonds is 7. The van der Waals surface area contributed by atoms with E-state index in [0.29, 0.717) is 41.2 Å². The molecule has 1 aromatic carbocycles. The summed E-state index contributed by atoms with van der Waals surface area (Å²) in [5.41, 5.74) is 0.471. The van der Waals surface area contributed by atoms with Crippen molar-refractivity contribution in [1.82, 2.24) is 5.32 Å². The summed E-state index contributed by atoms with van der Waals surface area (Å²) >= 11 is 6.14. The van der Waals surface area contributed by atoms with Gasteiger partial charge in [0.25, 0.3) is 5.91 Å². The van der Waals surface area contributed by atoms with Crippen LogP contribution in [0.1, 0.15) is 37.6 Å². The molecule has 5 heteroatoms. The highest BCUT2D eigenvalue weighted by atomic mass is 35.5. The highest BCUT2D eigenvalue weighted by Gasteiger charge is 2.15. The lowest BCUT2D eigenvalue weighted by atomic mass is 10.1. The van der Waals surface area contributed by atoms with Crippen molar-refractivity contribution in [3.8, 4) is 11.5 Å². The Kier molecular flexibility index (Phi) is 6.65. The van der Waals surface area contributed by atoms with Crippen molar-refractivity contribution in [2.75, 3.05) is 20.3 Å². The van der Waals surface area contributed by atoms with Crippen molar-refractivity contribution in [3.05, 3.63) is 22.7 Å². The van der Waals surface area contributed by atoms with Crippen molar-refractivity contribution in [3.63, 3.8) is 0 Å². The third-order valence-corrected chi connectivity index (χ3v) is 3.07. The van der Waals surface area contributed by atoms with Crippen LogP contribution >= 0.6 is 11.6 Å². The van der Waals surface area contributed by atoms with Crippen LogP contribution in [-0.2, 0) is 0 Å². The molecule has 0 spiro atoms. The number of ether oxygens (including phenoxy) is 2. The van der Waals surface area contributed by atoms with Gasteiger partial charge < -0.3 is 14.8 Å². The fraction of sp³-hybridized carbons (Fsp3) is 0.533. The molecule has 0 unspecified atom stereocenters. The summed E-state index contributed by atoms with van der Waals surface area (Å²) in [7, 11) is 1.52. The van der Waals surface area contributed by atoms with Gasteiger partial charge in [-0.1, -0.05) is 25.4 Å². The van der Waals surface area contributed by atoms with Gasteiger partial charge in [0.05, 0.1) is 18.7 Å². The van der Waals surface area contributed by atoms with Gasteiger partial charge in [-0.25, -0.2) is 0 Å². The number of amides is 1. The minimum absolute atomic E-state index is 0.158. The predicted octanol–water partition coefficient (Wildman–Crippen LogP) is 3.52. The van der Waals surface area contributed by atoms with Crippen LogP contribution in [0.15, 0.2) is 12.1 Å². The fourth-order valence-electron chi connectivity index (χ4n) is 1.71. The van der Waals surface area contributed by atoms with Gasteiger partial charge in [0.2, 0.25) is 0 Å². The third-order valence-electron chi connectivity index (χ3n) is 2.79. The molecule has 1 rings (SSSR count). The minimum atomic E-state index is -0.158. The second-order valence-electron chi connectivity index (χ2n) is 4.86. The van der Waals surface area contributed by atoms with Gasteiger partial charge in [0.1, 0.15) is 0 Å². The summed E-state index contributed by atoms with van der Waals surface area (Å²) in [4.78, 5) is 12.0. The van der Waals surface area contributed by atoms with Crippen molar-refractivity contribution >= 4 is 17.5 Å². The zero-order chi connectivity index (χ0) is 15.1. The first-order chi connectivity index (χ1) is 9.49. The van der Waals surface area contributed by atoms with E-state index in [0.717, 1.165) is 6.42 Å². The predicted molar refractivity (Wildman–Crippen MR) is 81.0 cm³/mol. The second kappa shape index (κ2) is 8.00. The van der Waals surface area contributed by atoms with Gasteiger partial charge in [-0.05, 0) is 31.4 Å². The van der Waals surface area contributed by atoms with E-state index in [1.165, 1.54) is 7.11 Å². The van der Waals surface area contributed by atoms with E-state index >= 15 is 0 Å². The fourth-order valence-corrected chi connectivity index (χ4v) is 1.98. The molecule has 0 aliphatic heterocycles. The van der Waals surface area contributed by atoms with Gasteiger partial charge in [-0.2, -0.15) is 0 Å². The lowest BCUT2D eigenvalue weighted by molar-refractivity contribution is 0.0951. The number of carbonyl (C=O) groups excluding carboxylic acids is 1. The minimum Gasteiger partial charge on any atom is -0.493 e. The Morgan fingerprint density at radius 1 is 1.40 bits per heavy atom. The maximum Gasteiger partial charge on any atom is 0.251 e. The van der Waals surface area contributed by atoms with Gasteiger partial charge in [-0.3, -0.25) is 4.79 Å². The molecule has 1 N–H and O–H groups in total. The Morgan fingerprint density at radius 2 is 2.10 bits per heavy atom. The summed E-state index contributed by atoms with van der Waals surface area (Å²) in [6.07, 6.45) is 0.938. The number of hydrogen-bond acceptors (Lipinski definition) is 3. The van der Waals surface area contributed by atoms with E-state index in [1.807, 2.05) is 6.92 Å². The molecule has 112 valence electrons. The first-order valence-corrected chi connectivity index (χ1v) is 7.15. The molecule has 0 aliphatic carbocycles. The van der Waals surface area contributed by atoms with Crippen LogP contribution in [0.2, 0.25) is 5.02 Å². The second-order valence-corrected chi connectivity index (χ2v) is 5.27. The van der Waals surface area contributed by atoms with Crippen LogP contribution in [0.4, 0.5) is 0 Å². The molecule has 0 saturated heterocycles. The Bertz CT molecular complexity index is 461. The molecule has 0 atom stereocenters. The van der Waals surface area contributed by atoms with E-state index in [4.69, 9.17) is 21.1 Å². The lowest BCUT2D eigenvalue weighted by Gasteiger charge is -2.13. The highest BCUT2D eigenvalue weighted by Crippen LogP contribution is 2.36. The molecule has 0 saturated carbocycles. The zero-order valence-electron chi connectivity index (χ0n) is 12.5. The normalized spacial score (nSPS) is 10.5. The molecule has 0 bridgehead atoms. The molecule has 0 radical (unpaired) electrons. The number of hydrogen-bond donors (Lipinski definition) is 1. The van der Waals surface area contributed by atoms with Crippen molar-refractivity contribution in [1.29, 1.82) is 0 Å². The van der Waals surface area contributed by atoms with Crippen LogP contribution < -0.4 is 14.8 Å². The smallest absolute Gasteiger partial charge is 0.251 e. The van der Waals surface area contributed by atoms with Crippen LogP contribution in [0, 0.1) is 5.92 Å². The number of benzene rings is 1. The molecular formula is C15H22ClNO3. The van der Waals surface area contributed by atoms with E-state index in [2.05, 4.69) is 19.2 Å². The lowest BCUT2D eigenvalue weighted by Crippen LogP contribution is -2.25. The topological polar surface area (TPSA) is 47.6 Å². The first kappa shape index (κ1) is 16.6. The van der Waals surface area contributed by atoms with E-state index in [1.54, 1.807) is 12.1 Å². The Balaban J connectivity index is 2.85. The van der Waals surface area contributed by atoms with Gasteiger partial charge >= 0.3 is 0 Å². The largest absolute Gasteiger partial charge is 0.493 e. The van der Waals surface area contributed by atoms with Gasteiger partial charge in [0.15, 0.2) is 11.5 Å². The summed E-state index contributed by atoms with van der Waals surface area (Å²) in [5.74, 6) is 1.33. The average molecular weight is 300 g/mol. The summed E-state index contributed by atoms with van der Waals surface area (Å²) in [6, 6.07) is 3.24. The van der Waals surface area contributed by atoms with Gasteiger partial charge in [-0.15, -0.1) is 0 Å². The Morgan fingerprint density at radius 3 is 2.65 bits per heavy atom. The third kappa shape index (κ3) is 4.60. The number of methoxy groups -OCH3 is 1. The molecule has 4 nitrogen and oxygen atoms in total. The number of nitrogens with one attached hydrogen (secondary N) is 1. The van der Waals surface area contributed by atoms with Crippen LogP contribution in [-0.4, -0.2) is 26.2 Å². The average Bonchev–Trinajstić information content (AvgIpc) is 2.40. The summed E-state index contributed by atoms with van der Waals surface area (Å²) < 4.78 is 10.6. The molecular weight excluding hydrogens is 278 g/mol. The van der Waals surface area contributed by atoms with Gasteiger partial charge in [0, 0.05) is 12.1 Å². The first-order valence-electron chi connectivity index (χ1n) is 6.78. The van der Waals surface area contributed by atoms with Crippen molar-refractivity contribution in [2.45, 2.75) is 27.2 Å². The monoisotopic (exact) mass is 299 g/mol. The SMILES string of the molecule is CCOc1c(Cl)cc(C(=O)NCCC(C)C)cc1OC. The van der Waals surface area contributed by atoms with Crippen LogP contribution in [0.5, 0.6) is 11.5 Å². The van der Waals surface area contributed by atoms with Crippen LogP contribution in [0.25, 0.3) is 0 Å². The molecule has 1 amide bonds. The van der Waals surface area contributed by atoms with Crippen molar-refractivity contribution in [2.24, 2.45) is 5.92 Å². The van der Waals surface area contributed by atoms with Crippen molar-refractivity contribution < 1.29 is 14.3 Å². The summed E-state index contributed by atoms with van der Waals surface area (Å²) in [6.45, 7) is 7.22. The van der Waals surface area contributed by atoms with E-state index in [-0.39, 0.29) is 5.91 Å². The Labute approximate surface area is 125 Å². The molecule has 0 aromatic heterocycles. The standard InChI is InChI=1S/C15H22ClNO3/c1-5-20-14-12(16)8-11(9-13(14)19-4)15(18)17-7-6-10(2)3/h8-10H,5-7H2,1-4H3,(H,17,18). The molecule has 0 heterocycles. The molecule has 20 heavy (non-hydrogen) atoms. The quantitative estimate of drug-likeness (QED) is 0.838. The molecule has 0 fully saturated rings.